The number of nitrogens with one attached hydrogen (secondary N) is 1. The molecule has 0 radical (unpaired) electrons. The van der Waals surface area contributed by atoms with Crippen LogP contribution in [0.3, 0.4) is 0 Å². The second kappa shape index (κ2) is 7.86. The van der Waals surface area contributed by atoms with Gasteiger partial charge in [0.15, 0.2) is 0 Å². The Hall–Kier alpha value is -3.50. The smallest absolute Gasteiger partial charge is 0.339 e. The van der Waals surface area contributed by atoms with Gasteiger partial charge in [0.2, 0.25) is 0 Å². The molecule has 2 aromatic carbocycles. The predicted molar refractivity (Wildman–Crippen MR) is 110 cm³/mol. The van der Waals surface area contributed by atoms with Crippen LogP contribution in [0.5, 0.6) is 0 Å². The topological polar surface area (TPSA) is 92.1 Å². The van der Waals surface area contributed by atoms with Crippen molar-refractivity contribution in [2.75, 3.05) is 12.4 Å². The first-order valence-electron chi connectivity index (χ1n) is 9.11. The van der Waals surface area contributed by atoms with Crippen molar-refractivity contribution < 1.29 is 14.3 Å². The van der Waals surface area contributed by atoms with Crippen LogP contribution >= 0.6 is 11.5 Å². The van der Waals surface area contributed by atoms with Gasteiger partial charge in [-0.25, -0.2) is 4.79 Å². The normalized spacial score (nSPS) is 12.8. The first-order valence-corrected chi connectivity index (χ1v) is 9.88. The summed E-state index contributed by atoms with van der Waals surface area (Å²) in [6.45, 7) is 0. The predicted octanol–water partition coefficient (Wildman–Crippen LogP) is 4.60. The van der Waals surface area contributed by atoms with Crippen LogP contribution in [0, 0.1) is 11.3 Å². The summed E-state index contributed by atoms with van der Waals surface area (Å²) >= 11 is 1.19. The molecule has 0 saturated heterocycles. The number of amides is 1. The number of rotatable bonds is 5. The third-order valence-corrected chi connectivity index (χ3v) is 5.63. The standard InChI is InChI=1S/C22H17N3O3S/c1-28-22(27)17-10-9-16(11-15(17)12-23)24-21(26)20-18(13-7-8-13)19(25-29-20)14-5-3-2-4-6-14/h2-6,9-11,13H,7-8H2,1H3,(H,24,26). The molecule has 144 valence electrons. The highest BCUT2D eigenvalue weighted by atomic mass is 32.1. The van der Waals surface area contributed by atoms with E-state index in [-0.39, 0.29) is 17.0 Å². The maximum Gasteiger partial charge on any atom is 0.339 e. The van der Waals surface area contributed by atoms with E-state index in [0.29, 0.717) is 16.5 Å². The number of aromatic nitrogens is 1. The van der Waals surface area contributed by atoms with Crippen molar-refractivity contribution in [3.05, 3.63) is 70.1 Å². The molecule has 0 spiro atoms. The zero-order chi connectivity index (χ0) is 20.4. The van der Waals surface area contributed by atoms with Crippen LogP contribution in [0.15, 0.2) is 48.5 Å². The molecule has 0 bridgehead atoms. The lowest BCUT2D eigenvalue weighted by Crippen LogP contribution is -2.13. The molecule has 3 aromatic rings. The summed E-state index contributed by atoms with van der Waals surface area (Å²) in [6.07, 6.45) is 2.09. The van der Waals surface area contributed by atoms with E-state index in [1.807, 2.05) is 36.4 Å². The summed E-state index contributed by atoms with van der Waals surface area (Å²) in [4.78, 5) is 25.3. The Morgan fingerprint density at radius 2 is 1.97 bits per heavy atom. The van der Waals surface area contributed by atoms with Gasteiger partial charge < -0.3 is 10.1 Å². The van der Waals surface area contributed by atoms with Crippen LogP contribution in [-0.2, 0) is 4.74 Å². The van der Waals surface area contributed by atoms with Gasteiger partial charge in [-0.15, -0.1) is 0 Å². The first kappa shape index (κ1) is 18.8. The molecule has 1 amide bonds. The van der Waals surface area contributed by atoms with E-state index < -0.39 is 5.97 Å². The number of methoxy groups -OCH3 is 1. The molecular weight excluding hydrogens is 386 g/mol. The fourth-order valence-corrected chi connectivity index (χ4v) is 4.09. The van der Waals surface area contributed by atoms with Gasteiger partial charge in [-0.2, -0.15) is 9.64 Å². The number of hydrogen-bond donors (Lipinski definition) is 1. The van der Waals surface area contributed by atoms with Crippen molar-refractivity contribution in [3.8, 4) is 17.3 Å². The molecule has 1 aliphatic rings. The summed E-state index contributed by atoms with van der Waals surface area (Å²) in [7, 11) is 1.26. The Kier molecular flexibility index (Phi) is 5.10. The minimum absolute atomic E-state index is 0.145. The van der Waals surface area contributed by atoms with Crippen LogP contribution in [0.4, 0.5) is 5.69 Å². The molecule has 1 heterocycles. The lowest BCUT2D eigenvalue weighted by Gasteiger charge is -2.08. The Morgan fingerprint density at radius 1 is 1.21 bits per heavy atom. The van der Waals surface area contributed by atoms with Crippen LogP contribution in [0.1, 0.15) is 49.9 Å². The molecule has 1 N–H and O–H groups in total. The van der Waals surface area contributed by atoms with E-state index in [1.54, 1.807) is 6.07 Å². The van der Waals surface area contributed by atoms with Gasteiger partial charge in [-0.3, -0.25) is 4.79 Å². The van der Waals surface area contributed by atoms with E-state index in [0.717, 1.165) is 29.7 Å². The molecule has 1 saturated carbocycles. The van der Waals surface area contributed by atoms with Crippen LogP contribution in [0.25, 0.3) is 11.3 Å². The highest BCUT2D eigenvalue weighted by molar-refractivity contribution is 7.08. The van der Waals surface area contributed by atoms with Crippen molar-refractivity contribution in [1.29, 1.82) is 5.26 Å². The van der Waals surface area contributed by atoms with E-state index in [1.165, 1.54) is 30.8 Å². The van der Waals surface area contributed by atoms with Gasteiger partial charge in [0.1, 0.15) is 10.9 Å². The summed E-state index contributed by atoms with van der Waals surface area (Å²) in [5.74, 6) is -0.507. The number of nitrogens with zero attached hydrogens (tertiary/aromatic N) is 2. The summed E-state index contributed by atoms with van der Waals surface area (Å²) < 4.78 is 9.24. The van der Waals surface area contributed by atoms with Gasteiger partial charge in [0.05, 0.1) is 23.9 Å². The van der Waals surface area contributed by atoms with Gasteiger partial charge >= 0.3 is 5.97 Å². The molecule has 4 rings (SSSR count). The largest absolute Gasteiger partial charge is 0.465 e. The van der Waals surface area contributed by atoms with E-state index >= 15 is 0 Å². The Morgan fingerprint density at radius 3 is 2.62 bits per heavy atom. The minimum atomic E-state index is -0.592. The van der Waals surface area contributed by atoms with Crippen LogP contribution in [0.2, 0.25) is 0 Å². The second-order valence-electron chi connectivity index (χ2n) is 6.73. The SMILES string of the molecule is COC(=O)c1ccc(NC(=O)c2snc(-c3ccccc3)c2C2CC2)cc1C#N. The number of benzene rings is 2. The third-order valence-electron chi connectivity index (χ3n) is 4.77. The van der Waals surface area contributed by atoms with Crippen molar-refractivity contribution in [2.45, 2.75) is 18.8 Å². The molecule has 0 atom stereocenters. The molecular formula is C22H17N3O3S. The molecule has 7 heteroatoms. The second-order valence-corrected chi connectivity index (χ2v) is 7.51. The Bertz CT molecular complexity index is 1130. The quantitative estimate of drug-likeness (QED) is 0.629. The maximum atomic E-state index is 13.0. The van der Waals surface area contributed by atoms with Gasteiger partial charge in [0, 0.05) is 16.8 Å². The minimum Gasteiger partial charge on any atom is -0.465 e. The summed E-state index contributed by atoms with van der Waals surface area (Å²) in [6, 6.07) is 16.3. The lowest BCUT2D eigenvalue weighted by molar-refractivity contribution is 0.0600. The number of nitriles is 1. The molecule has 0 unspecified atom stereocenters. The van der Waals surface area contributed by atoms with Gasteiger partial charge in [0.25, 0.3) is 5.91 Å². The molecule has 1 fully saturated rings. The molecule has 1 aromatic heterocycles. The highest BCUT2D eigenvalue weighted by Gasteiger charge is 2.33. The van der Waals surface area contributed by atoms with Crippen LogP contribution in [-0.4, -0.2) is 23.4 Å². The monoisotopic (exact) mass is 403 g/mol. The van der Waals surface area contributed by atoms with Gasteiger partial charge in [-0.05, 0) is 48.5 Å². The number of anilines is 1. The van der Waals surface area contributed by atoms with E-state index in [4.69, 9.17) is 0 Å². The molecule has 29 heavy (non-hydrogen) atoms. The number of carbonyl (C=O) groups is 2. The summed E-state index contributed by atoms with van der Waals surface area (Å²) in [5, 5.41) is 12.1. The van der Waals surface area contributed by atoms with Crippen molar-refractivity contribution in [3.63, 3.8) is 0 Å². The Labute approximate surface area is 171 Å². The molecule has 6 nitrogen and oxygen atoms in total. The number of hydrogen-bond acceptors (Lipinski definition) is 6. The van der Waals surface area contributed by atoms with E-state index in [2.05, 4.69) is 14.4 Å². The lowest BCUT2D eigenvalue weighted by atomic mass is 10.0. The zero-order valence-corrected chi connectivity index (χ0v) is 16.5. The zero-order valence-electron chi connectivity index (χ0n) is 15.6. The molecule has 1 aliphatic carbocycles. The average Bonchev–Trinajstić information content (AvgIpc) is 3.51. The first-order chi connectivity index (χ1) is 14.1. The Balaban J connectivity index is 1.64. The maximum absolute atomic E-state index is 13.0. The average molecular weight is 403 g/mol. The number of carbonyl (C=O) groups excluding carboxylic acids is 2. The fourth-order valence-electron chi connectivity index (χ4n) is 3.21. The van der Waals surface area contributed by atoms with Crippen LogP contribution < -0.4 is 5.32 Å². The number of esters is 1. The summed E-state index contributed by atoms with van der Waals surface area (Å²) in [5.41, 5.74) is 3.60. The third kappa shape index (κ3) is 3.75. The van der Waals surface area contributed by atoms with Gasteiger partial charge in [-0.1, -0.05) is 30.3 Å². The fraction of sp³-hybridized carbons (Fsp3) is 0.182. The molecule has 0 aliphatic heterocycles. The van der Waals surface area contributed by atoms with Crippen molar-refractivity contribution in [2.24, 2.45) is 0 Å². The van der Waals surface area contributed by atoms with E-state index in [9.17, 15) is 14.9 Å². The number of ether oxygens (including phenoxy) is 1. The van der Waals surface area contributed by atoms with Crippen molar-refractivity contribution in [1.82, 2.24) is 4.37 Å². The van der Waals surface area contributed by atoms with Crippen molar-refractivity contribution >= 4 is 29.1 Å². The highest BCUT2D eigenvalue weighted by Crippen LogP contribution is 2.47.